The normalized spacial score (nSPS) is 8.71. The SMILES string of the molecule is CC=C=[C]=[Ru]([Cl])[Cl]. The van der Waals surface area contributed by atoms with E-state index in [1.807, 2.05) is 6.92 Å². The van der Waals surface area contributed by atoms with Crippen LogP contribution in [0.15, 0.2) is 11.8 Å². The summed E-state index contributed by atoms with van der Waals surface area (Å²) in [4.78, 5) is 0. The van der Waals surface area contributed by atoms with Crippen LogP contribution < -0.4 is 0 Å². The molecule has 0 aromatic carbocycles. The van der Waals surface area contributed by atoms with Crippen LogP contribution in [-0.2, 0) is 13.5 Å². The maximum atomic E-state index is 5.37. The number of rotatable bonds is 0. The molecule has 0 atom stereocenters. The molecule has 0 fully saturated rings. The molecular formula is C4H4Cl2Ru. The molecule has 0 saturated heterocycles. The molecule has 7 heavy (non-hydrogen) atoms. The summed E-state index contributed by atoms with van der Waals surface area (Å²) in [6.45, 7) is 1.85. The summed E-state index contributed by atoms with van der Waals surface area (Å²) in [5.74, 6) is 0. The van der Waals surface area contributed by atoms with Crippen LogP contribution >= 0.6 is 19.4 Å². The first-order chi connectivity index (χ1) is 3.27. The first-order valence-corrected chi connectivity index (χ1v) is 6.91. The van der Waals surface area contributed by atoms with Crippen molar-refractivity contribution in [3.8, 4) is 0 Å². The van der Waals surface area contributed by atoms with Crippen molar-refractivity contribution in [1.29, 1.82) is 0 Å². The summed E-state index contributed by atoms with van der Waals surface area (Å²) in [5, 5.41) is 0. The molecule has 0 heterocycles. The fourth-order valence-electron chi connectivity index (χ4n) is 0.0896. The van der Waals surface area contributed by atoms with Crippen molar-refractivity contribution < 1.29 is 13.5 Å². The van der Waals surface area contributed by atoms with Gasteiger partial charge in [0.05, 0.1) is 0 Å². The van der Waals surface area contributed by atoms with Gasteiger partial charge in [0.2, 0.25) is 0 Å². The third-order valence-corrected chi connectivity index (χ3v) is 1.63. The van der Waals surface area contributed by atoms with E-state index in [9.17, 15) is 0 Å². The van der Waals surface area contributed by atoms with Crippen molar-refractivity contribution in [2.45, 2.75) is 6.92 Å². The molecule has 0 spiro atoms. The van der Waals surface area contributed by atoms with Crippen LogP contribution in [0.3, 0.4) is 0 Å². The zero-order valence-corrected chi connectivity index (χ0v) is 6.94. The molecule has 3 heteroatoms. The minimum atomic E-state index is -1.67. The van der Waals surface area contributed by atoms with E-state index in [4.69, 9.17) is 19.4 Å². The van der Waals surface area contributed by atoms with Crippen molar-refractivity contribution in [1.82, 2.24) is 0 Å². The van der Waals surface area contributed by atoms with Crippen LogP contribution in [0.1, 0.15) is 6.92 Å². The van der Waals surface area contributed by atoms with Gasteiger partial charge in [0.25, 0.3) is 0 Å². The van der Waals surface area contributed by atoms with Gasteiger partial charge in [-0.3, -0.25) is 0 Å². The summed E-state index contributed by atoms with van der Waals surface area (Å²) >= 11 is -1.67. The molecule has 0 radical (unpaired) electrons. The molecule has 0 aliphatic carbocycles. The zero-order chi connectivity index (χ0) is 5.70. The number of hydrogen-bond acceptors (Lipinski definition) is 0. The van der Waals surface area contributed by atoms with Crippen molar-refractivity contribution in [3.63, 3.8) is 0 Å². The van der Waals surface area contributed by atoms with E-state index < -0.39 is 13.5 Å². The van der Waals surface area contributed by atoms with E-state index in [0.29, 0.717) is 0 Å². The Morgan fingerprint density at radius 1 is 1.57 bits per heavy atom. The van der Waals surface area contributed by atoms with E-state index in [1.54, 1.807) is 6.08 Å². The first-order valence-electron chi connectivity index (χ1n) is 1.56. The van der Waals surface area contributed by atoms with Crippen molar-refractivity contribution >= 4 is 23.6 Å². The van der Waals surface area contributed by atoms with Gasteiger partial charge >= 0.3 is 55.9 Å². The fraction of sp³-hybridized carbons (Fsp3) is 0.250. The molecule has 0 amide bonds. The fourth-order valence-corrected chi connectivity index (χ4v) is 0.987. The molecule has 0 aliphatic heterocycles. The average Bonchev–Trinajstić information content (AvgIpc) is 1.61. The van der Waals surface area contributed by atoms with Crippen LogP contribution in [0, 0.1) is 0 Å². The summed E-state index contributed by atoms with van der Waals surface area (Å²) < 4.78 is 2.66. The van der Waals surface area contributed by atoms with Crippen LogP contribution in [0.25, 0.3) is 0 Å². The van der Waals surface area contributed by atoms with Gasteiger partial charge in [-0.05, 0) is 0 Å². The Kier molecular flexibility index (Phi) is 5.22. The molecule has 0 aromatic heterocycles. The Morgan fingerprint density at radius 2 is 2.14 bits per heavy atom. The zero-order valence-electron chi connectivity index (χ0n) is 3.69. The average molecular weight is 224 g/mol. The summed E-state index contributed by atoms with van der Waals surface area (Å²) in [6.07, 6.45) is 1.73. The van der Waals surface area contributed by atoms with Gasteiger partial charge in [-0.15, -0.1) is 0 Å². The molecule has 0 unspecified atom stereocenters. The van der Waals surface area contributed by atoms with E-state index in [1.165, 1.54) is 0 Å². The molecular weight excluding hydrogens is 220 g/mol. The number of hydrogen-bond donors (Lipinski definition) is 0. The summed E-state index contributed by atoms with van der Waals surface area (Å²) in [5.41, 5.74) is 2.67. The molecule has 0 nitrogen and oxygen atoms in total. The Bertz CT molecular complexity index is 134. The van der Waals surface area contributed by atoms with Crippen LogP contribution in [0.2, 0.25) is 0 Å². The second-order valence-electron chi connectivity index (χ2n) is 0.706. The van der Waals surface area contributed by atoms with Gasteiger partial charge in [0.1, 0.15) is 0 Å². The Labute approximate surface area is 55.9 Å². The minimum absolute atomic E-state index is 1.67. The summed E-state index contributed by atoms with van der Waals surface area (Å²) in [6, 6.07) is 0. The number of allylic oxidation sites excluding steroid dienone is 1. The monoisotopic (exact) mass is 224 g/mol. The van der Waals surface area contributed by atoms with E-state index in [0.717, 1.165) is 0 Å². The quantitative estimate of drug-likeness (QED) is 0.436. The summed E-state index contributed by atoms with van der Waals surface area (Å²) in [7, 11) is 10.7. The van der Waals surface area contributed by atoms with Gasteiger partial charge < -0.3 is 0 Å². The Morgan fingerprint density at radius 3 is 2.29 bits per heavy atom. The van der Waals surface area contributed by atoms with Gasteiger partial charge in [-0.1, -0.05) is 0 Å². The van der Waals surface area contributed by atoms with E-state index in [-0.39, 0.29) is 0 Å². The van der Waals surface area contributed by atoms with Crippen LogP contribution in [0.4, 0.5) is 0 Å². The van der Waals surface area contributed by atoms with Gasteiger partial charge in [0, 0.05) is 0 Å². The third-order valence-electron chi connectivity index (χ3n) is 0.262. The topological polar surface area (TPSA) is 0 Å². The Balaban J connectivity index is 4.16. The van der Waals surface area contributed by atoms with Crippen molar-refractivity contribution in [3.05, 3.63) is 11.8 Å². The predicted octanol–water partition coefficient (Wildman–Crippen LogP) is 2.04. The Hall–Kier alpha value is 0.633. The van der Waals surface area contributed by atoms with Crippen LogP contribution in [-0.4, -0.2) is 4.26 Å². The molecule has 0 bridgehead atoms. The molecule has 0 saturated carbocycles. The third kappa shape index (κ3) is 6.63. The van der Waals surface area contributed by atoms with Crippen molar-refractivity contribution in [2.24, 2.45) is 0 Å². The standard InChI is InChI=1S/C4H4.2ClH.Ru/c1-3-4-2;;;/h3H,1H3;2*1H;/q;;;+2/p-2. The van der Waals surface area contributed by atoms with Gasteiger partial charge in [0.15, 0.2) is 0 Å². The second-order valence-corrected chi connectivity index (χ2v) is 6.02. The first kappa shape index (κ1) is 7.63. The second kappa shape index (κ2) is 4.78. The predicted molar refractivity (Wildman–Crippen MR) is 30.5 cm³/mol. The van der Waals surface area contributed by atoms with E-state index >= 15 is 0 Å². The van der Waals surface area contributed by atoms with Gasteiger partial charge in [-0.2, -0.15) is 0 Å². The molecule has 42 valence electrons. The van der Waals surface area contributed by atoms with E-state index in [2.05, 4.69) is 10.00 Å². The molecule has 0 aromatic rings. The maximum absolute atomic E-state index is 5.37. The molecule has 0 aliphatic rings. The van der Waals surface area contributed by atoms with Gasteiger partial charge in [-0.25, -0.2) is 0 Å². The molecule has 0 N–H and O–H groups in total. The van der Waals surface area contributed by atoms with Crippen LogP contribution in [0.5, 0.6) is 0 Å². The number of halogens is 2. The van der Waals surface area contributed by atoms with Crippen molar-refractivity contribution in [2.75, 3.05) is 0 Å². The molecule has 0 rings (SSSR count).